The number of aromatic nitrogens is 6. The summed E-state index contributed by atoms with van der Waals surface area (Å²) in [5.41, 5.74) is 1.73. The minimum absolute atomic E-state index is 0.775. The zero-order valence-corrected chi connectivity index (χ0v) is 13.9. The van der Waals surface area contributed by atoms with E-state index in [0.29, 0.717) is 0 Å². The fraction of sp³-hybridized carbons (Fsp3) is 0.353. The van der Waals surface area contributed by atoms with E-state index in [4.69, 9.17) is 0 Å². The quantitative estimate of drug-likeness (QED) is 0.686. The average molecular weight is 336 g/mol. The molecule has 8 heteroatoms. The Hall–Kier alpha value is -2.87. The summed E-state index contributed by atoms with van der Waals surface area (Å²) in [6, 6.07) is 7.74. The van der Waals surface area contributed by atoms with Crippen LogP contribution in [0.4, 0.5) is 5.95 Å². The van der Waals surface area contributed by atoms with Gasteiger partial charge in [0.2, 0.25) is 5.95 Å². The fourth-order valence-corrected chi connectivity index (χ4v) is 2.92. The van der Waals surface area contributed by atoms with Crippen LogP contribution < -0.4 is 4.90 Å². The van der Waals surface area contributed by atoms with Crippen LogP contribution in [0.15, 0.2) is 49.1 Å². The minimum atomic E-state index is 0.775. The van der Waals surface area contributed by atoms with Crippen molar-refractivity contribution in [1.29, 1.82) is 0 Å². The lowest BCUT2D eigenvalue weighted by Gasteiger charge is -2.34. The van der Waals surface area contributed by atoms with Crippen molar-refractivity contribution in [2.45, 2.75) is 6.54 Å². The minimum Gasteiger partial charge on any atom is -0.338 e. The number of anilines is 1. The summed E-state index contributed by atoms with van der Waals surface area (Å²) in [5.74, 6) is 0.775. The highest BCUT2D eigenvalue weighted by Crippen LogP contribution is 2.17. The number of piperazine rings is 1. The van der Waals surface area contributed by atoms with Gasteiger partial charge in [-0.15, -0.1) is 0 Å². The fourth-order valence-electron chi connectivity index (χ4n) is 2.92. The van der Waals surface area contributed by atoms with Crippen LogP contribution in [0, 0.1) is 0 Å². The van der Waals surface area contributed by atoms with Gasteiger partial charge in [0.25, 0.3) is 0 Å². The van der Waals surface area contributed by atoms with Gasteiger partial charge in [0.1, 0.15) is 0 Å². The SMILES string of the molecule is c1ccc(-c2ccnc(N3CCN(CCn4nccn4)CC3)n2)nc1. The Morgan fingerprint density at radius 1 is 0.760 bits per heavy atom. The van der Waals surface area contributed by atoms with Crippen LogP contribution in [0.5, 0.6) is 0 Å². The number of nitrogens with zero attached hydrogens (tertiary/aromatic N) is 8. The van der Waals surface area contributed by atoms with E-state index in [2.05, 4.69) is 34.9 Å². The maximum atomic E-state index is 4.69. The second-order valence-electron chi connectivity index (χ2n) is 5.91. The molecule has 0 amide bonds. The van der Waals surface area contributed by atoms with Crippen molar-refractivity contribution in [2.75, 3.05) is 37.6 Å². The van der Waals surface area contributed by atoms with Gasteiger partial charge in [-0.1, -0.05) is 6.07 Å². The summed E-state index contributed by atoms with van der Waals surface area (Å²) in [6.45, 7) is 5.57. The van der Waals surface area contributed by atoms with Crippen molar-refractivity contribution in [3.05, 3.63) is 49.1 Å². The van der Waals surface area contributed by atoms with Crippen molar-refractivity contribution in [3.63, 3.8) is 0 Å². The Morgan fingerprint density at radius 3 is 2.36 bits per heavy atom. The second-order valence-corrected chi connectivity index (χ2v) is 5.91. The van der Waals surface area contributed by atoms with E-state index in [1.165, 1.54) is 0 Å². The highest BCUT2D eigenvalue weighted by atomic mass is 15.5. The highest BCUT2D eigenvalue weighted by molar-refractivity contribution is 5.55. The van der Waals surface area contributed by atoms with E-state index in [9.17, 15) is 0 Å². The molecule has 4 rings (SSSR count). The van der Waals surface area contributed by atoms with Crippen LogP contribution in [0.25, 0.3) is 11.4 Å². The molecular formula is C17H20N8. The van der Waals surface area contributed by atoms with Crippen LogP contribution in [0.2, 0.25) is 0 Å². The Morgan fingerprint density at radius 2 is 1.60 bits per heavy atom. The van der Waals surface area contributed by atoms with Gasteiger partial charge in [-0.05, 0) is 18.2 Å². The molecule has 3 aromatic rings. The molecule has 0 N–H and O–H groups in total. The predicted octanol–water partition coefficient (Wildman–Crippen LogP) is 0.952. The van der Waals surface area contributed by atoms with E-state index >= 15 is 0 Å². The summed E-state index contributed by atoms with van der Waals surface area (Å²) in [6.07, 6.45) is 7.01. The molecule has 0 saturated carbocycles. The molecule has 0 unspecified atom stereocenters. The molecule has 3 aromatic heterocycles. The van der Waals surface area contributed by atoms with Gasteiger partial charge in [0.05, 0.1) is 30.3 Å². The maximum absolute atomic E-state index is 4.69. The van der Waals surface area contributed by atoms with E-state index in [1.54, 1.807) is 23.4 Å². The van der Waals surface area contributed by atoms with Crippen molar-refractivity contribution < 1.29 is 0 Å². The first-order chi connectivity index (χ1) is 12.4. The second kappa shape index (κ2) is 7.35. The Balaban J connectivity index is 1.36. The first-order valence-corrected chi connectivity index (χ1v) is 8.44. The summed E-state index contributed by atoms with van der Waals surface area (Å²) >= 11 is 0. The summed E-state index contributed by atoms with van der Waals surface area (Å²) in [5, 5.41) is 8.29. The average Bonchev–Trinajstić information content (AvgIpc) is 3.21. The smallest absolute Gasteiger partial charge is 0.225 e. The molecule has 0 bridgehead atoms. The van der Waals surface area contributed by atoms with Crippen molar-refractivity contribution in [2.24, 2.45) is 0 Å². The van der Waals surface area contributed by atoms with E-state index in [1.807, 2.05) is 30.5 Å². The van der Waals surface area contributed by atoms with Crippen molar-refractivity contribution in [3.8, 4) is 11.4 Å². The molecule has 1 aliphatic rings. The first kappa shape index (κ1) is 15.6. The zero-order chi connectivity index (χ0) is 16.9. The van der Waals surface area contributed by atoms with E-state index in [-0.39, 0.29) is 0 Å². The van der Waals surface area contributed by atoms with Gasteiger partial charge in [-0.3, -0.25) is 9.88 Å². The molecule has 25 heavy (non-hydrogen) atoms. The highest BCUT2D eigenvalue weighted by Gasteiger charge is 2.19. The van der Waals surface area contributed by atoms with E-state index < -0.39 is 0 Å². The van der Waals surface area contributed by atoms with Crippen LogP contribution in [0.1, 0.15) is 0 Å². The number of hydrogen-bond acceptors (Lipinski definition) is 7. The van der Waals surface area contributed by atoms with Crippen LogP contribution in [-0.4, -0.2) is 67.6 Å². The Bertz CT molecular complexity index is 781. The lowest BCUT2D eigenvalue weighted by atomic mass is 10.2. The molecule has 1 aliphatic heterocycles. The molecule has 1 saturated heterocycles. The predicted molar refractivity (Wildman–Crippen MR) is 93.9 cm³/mol. The van der Waals surface area contributed by atoms with Gasteiger partial charge < -0.3 is 4.90 Å². The lowest BCUT2D eigenvalue weighted by molar-refractivity contribution is 0.238. The molecule has 0 spiro atoms. The third-order valence-electron chi connectivity index (χ3n) is 4.31. The molecule has 1 fully saturated rings. The normalized spacial score (nSPS) is 15.4. The molecule has 0 aromatic carbocycles. The Labute approximate surface area is 146 Å². The maximum Gasteiger partial charge on any atom is 0.225 e. The summed E-state index contributed by atoms with van der Waals surface area (Å²) < 4.78 is 0. The molecule has 0 aliphatic carbocycles. The third kappa shape index (κ3) is 3.80. The number of rotatable bonds is 5. The topological polar surface area (TPSA) is 75.9 Å². The number of pyridine rings is 1. The van der Waals surface area contributed by atoms with Gasteiger partial charge in [0.15, 0.2) is 0 Å². The van der Waals surface area contributed by atoms with Gasteiger partial charge >= 0.3 is 0 Å². The molecule has 128 valence electrons. The van der Waals surface area contributed by atoms with Gasteiger partial charge in [-0.25, -0.2) is 9.97 Å². The van der Waals surface area contributed by atoms with Gasteiger partial charge in [-0.2, -0.15) is 15.0 Å². The van der Waals surface area contributed by atoms with Crippen molar-refractivity contribution >= 4 is 5.95 Å². The molecular weight excluding hydrogens is 316 g/mol. The third-order valence-corrected chi connectivity index (χ3v) is 4.31. The molecule has 8 nitrogen and oxygen atoms in total. The molecule has 4 heterocycles. The Kier molecular flexibility index (Phi) is 4.60. The van der Waals surface area contributed by atoms with E-state index in [0.717, 1.165) is 56.6 Å². The molecule has 0 radical (unpaired) electrons. The summed E-state index contributed by atoms with van der Waals surface area (Å²) in [7, 11) is 0. The monoisotopic (exact) mass is 336 g/mol. The number of hydrogen-bond donors (Lipinski definition) is 0. The standard InChI is InChI=1S/C17H20N8/c1-2-5-18-15(3-1)16-4-6-19-17(22-16)24-12-9-23(10-13-24)11-14-25-20-7-8-21-25/h1-8H,9-14H2. The largest absolute Gasteiger partial charge is 0.338 e. The molecule has 0 atom stereocenters. The van der Waals surface area contributed by atoms with Crippen LogP contribution >= 0.6 is 0 Å². The first-order valence-electron chi connectivity index (χ1n) is 8.44. The van der Waals surface area contributed by atoms with Gasteiger partial charge in [0, 0.05) is 45.1 Å². The lowest BCUT2D eigenvalue weighted by Crippen LogP contribution is -2.47. The summed E-state index contributed by atoms with van der Waals surface area (Å²) in [4.78, 5) is 19.9. The van der Waals surface area contributed by atoms with Crippen LogP contribution in [0.3, 0.4) is 0 Å². The van der Waals surface area contributed by atoms with Crippen LogP contribution in [-0.2, 0) is 6.54 Å². The zero-order valence-electron chi connectivity index (χ0n) is 13.9. The van der Waals surface area contributed by atoms with Crippen molar-refractivity contribution in [1.82, 2.24) is 34.8 Å².